The lowest BCUT2D eigenvalue weighted by Crippen LogP contribution is -2.49. The van der Waals surface area contributed by atoms with E-state index in [2.05, 4.69) is 63.0 Å². The molecule has 5 atom stereocenters. The van der Waals surface area contributed by atoms with Crippen LogP contribution in [0.25, 0.3) is 0 Å². The third-order valence-corrected chi connectivity index (χ3v) is 7.90. The Morgan fingerprint density at radius 1 is 1.03 bits per heavy atom. The predicted molar refractivity (Wildman–Crippen MR) is 144 cm³/mol. The van der Waals surface area contributed by atoms with Gasteiger partial charge < -0.3 is 10.6 Å². The van der Waals surface area contributed by atoms with Gasteiger partial charge >= 0.3 is 0 Å². The largest absolute Gasteiger partial charge is 0.355 e. The topological polar surface area (TPSA) is 77.0 Å². The molecule has 3 fully saturated rings. The van der Waals surface area contributed by atoms with Gasteiger partial charge in [-0.05, 0) is 43.2 Å². The molecule has 34 heavy (non-hydrogen) atoms. The number of allylic oxidation sites excluding steroid dienone is 2. The van der Waals surface area contributed by atoms with Gasteiger partial charge in [0, 0.05) is 39.3 Å². The summed E-state index contributed by atoms with van der Waals surface area (Å²) in [5.74, 6) is 1.05. The van der Waals surface area contributed by atoms with Gasteiger partial charge in [0.1, 0.15) is 0 Å². The fourth-order valence-electron chi connectivity index (χ4n) is 6.22. The quantitative estimate of drug-likeness (QED) is 0.171. The molecule has 184 valence electrons. The van der Waals surface area contributed by atoms with Crippen LogP contribution in [0.2, 0.25) is 0 Å². The maximum atomic E-state index is 12.8. The van der Waals surface area contributed by atoms with Crippen LogP contribution >= 0.6 is 24.0 Å². The first-order valence-corrected chi connectivity index (χ1v) is 12.4. The van der Waals surface area contributed by atoms with Crippen molar-refractivity contribution in [1.82, 2.24) is 20.4 Å². The number of aliphatic imine (C=N–C) groups is 1. The Hall–Kier alpha value is -1.94. The van der Waals surface area contributed by atoms with Gasteiger partial charge in [0.2, 0.25) is 11.8 Å². The van der Waals surface area contributed by atoms with Crippen LogP contribution in [0.15, 0.2) is 47.5 Å². The zero-order valence-corrected chi connectivity index (χ0v) is 22.2. The Morgan fingerprint density at radius 2 is 1.74 bits per heavy atom. The monoisotopic (exact) mass is 577 g/mol. The minimum atomic E-state index is -0.119. The highest BCUT2D eigenvalue weighted by Crippen LogP contribution is 2.52. The summed E-state index contributed by atoms with van der Waals surface area (Å²) >= 11 is 0. The number of carbonyl (C=O) groups excluding carboxylic acids is 2. The van der Waals surface area contributed by atoms with Crippen LogP contribution in [0, 0.1) is 23.7 Å². The van der Waals surface area contributed by atoms with Crippen LogP contribution in [-0.2, 0) is 16.1 Å². The Balaban J connectivity index is 0.00000274. The number of benzene rings is 1. The molecular formula is C26H36IN5O2. The maximum Gasteiger partial charge on any atom is 0.233 e. The van der Waals surface area contributed by atoms with E-state index < -0.39 is 0 Å². The van der Waals surface area contributed by atoms with Crippen molar-refractivity contribution in [2.24, 2.45) is 28.7 Å². The Kier molecular flexibility index (Phi) is 8.29. The van der Waals surface area contributed by atoms with Crippen molar-refractivity contribution in [3.8, 4) is 0 Å². The van der Waals surface area contributed by atoms with E-state index in [1.807, 2.05) is 0 Å². The van der Waals surface area contributed by atoms with Crippen LogP contribution in [-0.4, -0.2) is 66.8 Å². The zero-order valence-electron chi connectivity index (χ0n) is 19.9. The highest BCUT2D eigenvalue weighted by molar-refractivity contribution is 14.0. The van der Waals surface area contributed by atoms with Crippen LogP contribution in [0.3, 0.4) is 0 Å². The van der Waals surface area contributed by atoms with E-state index in [0.717, 1.165) is 32.0 Å². The first-order valence-electron chi connectivity index (χ1n) is 12.4. The number of hydrogen-bond acceptors (Lipinski definition) is 4. The molecule has 2 N–H and O–H groups in total. The summed E-state index contributed by atoms with van der Waals surface area (Å²) in [4.78, 5) is 34.1. The molecule has 5 rings (SSSR count). The van der Waals surface area contributed by atoms with E-state index in [0.29, 0.717) is 19.1 Å². The van der Waals surface area contributed by atoms with Crippen molar-refractivity contribution >= 4 is 41.8 Å². The molecular weight excluding hydrogens is 541 g/mol. The second kappa shape index (κ2) is 11.2. The Morgan fingerprint density at radius 3 is 2.41 bits per heavy atom. The molecule has 1 saturated carbocycles. The first kappa shape index (κ1) is 25.2. The molecule has 4 aliphatic rings. The fourth-order valence-corrected chi connectivity index (χ4v) is 6.22. The lowest BCUT2D eigenvalue weighted by Gasteiger charge is -2.36. The number of fused-ring (bicyclic) bond motifs is 5. The molecule has 7 nitrogen and oxygen atoms in total. The van der Waals surface area contributed by atoms with E-state index in [1.165, 1.54) is 29.7 Å². The van der Waals surface area contributed by atoms with Crippen LogP contribution < -0.4 is 10.6 Å². The Labute approximate surface area is 219 Å². The third-order valence-electron chi connectivity index (χ3n) is 7.90. The number of carbonyl (C=O) groups is 2. The summed E-state index contributed by atoms with van der Waals surface area (Å²) in [6.07, 6.45) is 8.91. The summed E-state index contributed by atoms with van der Waals surface area (Å²) in [6.45, 7) is 3.82. The summed E-state index contributed by atoms with van der Waals surface area (Å²) in [5.41, 5.74) is 1.35. The van der Waals surface area contributed by atoms with Crippen molar-refractivity contribution in [3.05, 3.63) is 48.0 Å². The molecule has 2 heterocycles. The van der Waals surface area contributed by atoms with Crippen LogP contribution in [0.1, 0.15) is 31.2 Å². The highest BCUT2D eigenvalue weighted by atomic mass is 127. The number of amides is 2. The Bertz CT molecular complexity index is 906. The molecule has 0 aromatic heterocycles. The van der Waals surface area contributed by atoms with E-state index in [1.54, 1.807) is 7.05 Å². The van der Waals surface area contributed by atoms with Crippen molar-refractivity contribution < 1.29 is 9.59 Å². The molecule has 1 aromatic rings. The summed E-state index contributed by atoms with van der Waals surface area (Å²) in [7, 11) is 1.76. The molecule has 2 bridgehead atoms. The number of nitrogens with one attached hydrogen (secondary N) is 2. The minimum Gasteiger partial charge on any atom is -0.355 e. The van der Waals surface area contributed by atoms with Gasteiger partial charge in [0.05, 0.1) is 11.8 Å². The SMILES string of the molecule is CN=C(NCCN1C(=O)C2C3C=CC(C3)C2C1=O)NCC1CCCCN1Cc1ccccc1.I. The molecule has 0 radical (unpaired) electrons. The number of likely N-dealkylation sites (tertiary alicyclic amines) is 2. The highest BCUT2D eigenvalue weighted by Gasteiger charge is 2.58. The molecule has 1 aromatic carbocycles. The average molecular weight is 578 g/mol. The number of halogens is 1. The average Bonchev–Trinajstić information content (AvgIpc) is 3.52. The molecule has 0 spiro atoms. The van der Waals surface area contributed by atoms with Crippen LogP contribution in [0.4, 0.5) is 0 Å². The number of guanidine groups is 1. The number of rotatable bonds is 7. The zero-order chi connectivity index (χ0) is 22.8. The molecule has 5 unspecified atom stereocenters. The van der Waals surface area contributed by atoms with Crippen molar-refractivity contribution in [2.45, 2.75) is 38.3 Å². The van der Waals surface area contributed by atoms with Crippen molar-refractivity contribution in [1.29, 1.82) is 0 Å². The van der Waals surface area contributed by atoms with Gasteiger partial charge in [0.15, 0.2) is 5.96 Å². The lowest BCUT2D eigenvalue weighted by atomic mass is 9.85. The van der Waals surface area contributed by atoms with E-state index in [9.17, 15) is 9.59 Å². The normalized spacial score (nSPS) is 30.4. The predicted octanol–water partition coefficient (Wildman–Crippen LogP) is 2.63. The molecule has 2 aliphatic heterocycles. The lowest BCUT2D eigenvalue weighted by molar-refractivity contribution is -0.140. The maximum absolute atomic E-state index is 12.8. The van der Waals surface area contributed by atoms with Gasteiger partial charge in [-0.25, -0.2) is 0 Å². The van der Waals surface area contributed by atoms with Gasteiger partial charge in [-0.15, -0.1) is 24.0 Å². The van der Waals surface area contributed by atoms with E-state index >= 15 is 0 Å². The molecule has 2 amide bonds. The smallest absolute Gasteiger partial charge is 0.233 e. The van der Waals surface area contributed by atoms with Gasteiger partial charge in [-0.2, -0.15) is 0 Å². The second-order valence-electron chi connectivity index (χ2n) is 9.81. The van der Waals surface area contributed by atoms with Gasteiger partial charge in [-0.1, -0.05) is 48.9 Å². The number of hydrogen-bond donors (Lipinski definition) is 2. The van der Waals surface area contributed by atoms with E-state index in [4.69, 9.17) is 0 Å². The van der Waals surface area contributed by atoms with E-state index in [-0.39, 0.29) is 59.5 Å². The number of imide groups is 1. The molecule has 8 heteroatoms. The minimum absolute atomic E-state index is 0. The van der Waals surface area contributed by atoms with Gasteiger partial charge in [0.25, 0.3) is 0 Å². The summed E-state index contributed by atoms with van der Waals surface area (Å²) in [5, 5.41) is 6.77. The molecule has 2 saturated heterocycles. The summed E-state index contributed by atoms with van der Waals surface area (Å²) in [6, 6.07) is 11.1. The first-order chi connectivity index (χ1) is 16.2. The second-order valence-corrected chi connectivity index (χ2v) is 9.81. The van der Waals surface area contributed by atoms with Crippen molar-refractivity contribution in [3.63, 3.8) is 0 Å². The number of nitrogens with zero attached hydrogens (tertiary/aromatic N) is 3. The fraction of sp³-hybridized carbons (Fsp3) is 0.577. The van der Waals surface area contributed by atoms with Crippen molar-refractivity contribution in [2.75, 3.05) is 33.2 Å². The van der Waals surface area contributed by atoms with Crippen LogP contribution in [0.5, 0.6) is 0 Å². The standard InChI is InChI=1S/C26H35N5O2.HI/c1-27-26(29-16-21-9-5-6-13-30(21)17-18-7-3-2-4-8-18)28-12-14-31-24(32)22-19-10-11-20(15-19)23(22)25(31)33;/h2-4,7-8,10-11,19-23H,5-6,9,12-17H2,1H3,(H2,27,28,29);1H. The summed E-state index contributed by atoms with van der Waals surface area (Å²) < 4.78 is 0. The number of piperidine rings is 1. The van der Waals surface area contributed by atoms with Gasteiger partial charge in [-0.3, -0.25) is 24.4 Å². The molecule has 2 aliphatic carbocycles. The third kappa shape index (κ3) is 5.03.